The number of pyridine rings is 1. The Hall–Kier alpha value is -1.76. The molecular weight excluding hydrogens is 322 g/mol. The highest BCUT2D eigenvalue weighted by molar-refractivity contribution is 7.15. The molecule has 0 aliphatic carbocycles. The third-order valence-corrected chi connectivity index (χ3v) is 5.08. The van der Waals surface area contributed by atoms with E-state index < -0.39 is 0 Å². The van der Waals surface area contributed by atoms with Gasteiger partial charge in [-0.25, -0.2) is 0 Å². The summed E-state index contributed by atoms with van der Waals surface area (Å²) < 4.78 is 5.33. The van der Waals surface area contributed by atoms with E-state index in [-0.39, 0.29) is 5.91 Å². The minimum Gasteiger partial charge on any atom is -0.379 e. The van der Waals surface area contributed by atoms with Crippen LogP contribution in [0, 0.1) is 6.92 Å². The molecule has 0 atom stereocenters. The number of carbonyl (C=O) groups is 1. The molecule has 1 aliphatic rings. The van der Waals surface area contributed by atoms with E-state index in [2.05, 4.69) is 28.2 Å². The molecule has 0 saturated carbocycles. The monoisotopic (exact) mass is 345 g/mol. The van der Waals surface area contributed by atoms with Crippen molar-refractivity contribution in [3.63, 3.8) is 0 Å². The minimum absolute atomic E-state index is 0.0334. The van der Waals surface area contributed by atoms with Crippen LogP contribution >= 0.6 is 11.3 Å². The third kappa shape index (κ3) is 4.63. The second kappa shape index (κ2) is 8.37. The van der Waals surface area contributed by atoms with Gasteiger partial charge in [0.1, 0.15) is 0 Å². The highest BCUT2D eigenvalue weighted by Crippen LogP contribution is 2.26. The number of rotatable bonds is 6. The summed E-state index contributed by atoms with van der Waals surface area (Å²) in [4.78, 5) is 21.4. The normalized spacial score (nSPS) is 15.4. The van der Waals surface area contributed by atoms with Gasteiger partial charge >= 0.3 is 0 Å². The summed E-state index contributed by atoms with van der Waals surface area (Å²) in [6.07, 6.45) is 2.65. The molecule has 3 heterocycles. The number of hydrogen-bond acceptors (Lipinski definition) is 5. The molecule has 0 radical (unpaired) electrons. The van der Waals surface area contributed by atoms with E-state index in [9.17, 15) is 4.79 Å². The second-order valence-corrected chi connectivity index (χ2v) is 7.19. The van der Waals surface area contributed by atoms with Gasteiger partial charge in [0.25, 0.3) is 5.91 Å². The topological polar surface area (TPSA) is 54.5 Å². The smallest absolute Gasteiger partial charge is 0.251 e. The lowest BCUT2D eigenvalue weighted by atomic mass is 10.2. The number of amides is 1. The maximum atomic E-state index is 12.3. The summed E-state index contributed by atoms with van der Waals surface area (Å²) in [6, 6.07) is 7.75. The summed E-state index contributed by atoms with van der Waals surface area (Å²) in [6.45, 7) is 7.36. The van der Waals surface area contributed by atoms with Crippen molar-refractivity contribution in [2.45, 2.75) is 13.3 Å². The van der Waals surface area contributed by atoms with Gasteiger partial charge in [-0.15, -0.1) is 11.3 Å². The maximum Gasteiger partial charge on any atom is 0.251 e. The first-order chi connectivity index (χ1) is 11.7. The molecule has 6 heteroatoms. The number of hydrogen-bond donors (Lipinski definition) is 1. The lowest BCUT2D eigenvalue weighted by molar-refractivity contribution is 0.0374. The Kier molecular flexibility index (Phi) is 5.96. The van der Waals surface area contributed by atoms with E-state index in [0.717, 1.165) is 49.8 Å². The maximum absolute atomic E-state index is 12.3. The molecule has 5 nitrogen and oxygen atoms in total. The fraction of sp³-hybridized carbons (Fsp3) is 0.444. The molecule has 0 bridgehead atoms. The van der Waals surface area contributed by atoms with Gasteiger partial charge in [0, 0.05) is 36.3 Å². The van der Waals surface area contributed by atoms with E-state index in [1.807, 2.05) is 12.1 Å². The van der Waals surface area contributed by atoms with Crippen molar-refractivity contribution >= 4 is 17.2 Å². The van der Waals surface area contributed by atoms with Crippen molar-refractivity contribution in [3.8, 4) is 10.6 Å². The van der Waals surface area contributed by atoms with Crippen molar-refractivity contribution in [3.05, 3.63) is 40.9 Å². The molecule has 2 aromatic rings. The number of morpholine rings is 1. The van der Waals surface area contributed by atoms with Crippen LogP contribution in [-0.2, 0) is 4.74 Å². The largest absolute Gasteiger partial charge is 0.379 e. The number of thiophene rings is 1. The van der Waals surface area contributed by atoms with Crippen LogP contribution in [0.25, 0.3) is 10.6 Å². The summed E-state index contributed by atoms with van der Waals surface area (Å²) in [5.41, 5.74) is 1.52. The van der Waals surface area contributed by atoms with Crippen LogP contribution < -0.4 is 5.32 Å². The van der Waals surface area contributed by atoms with Gasteiger partial charge in [-0.3, -0.25) is 14.7 Å². The highest BCUT2D eigenvalue weighted by Gasteiger charge is 2.11. The molecule has 1 amide bonds. The molecule has 128 valence electrons. The third-order valence-electron chi connectivity index (χ3n) is 4.06. The molecule has 1 aliphatic heterocycles. The molecule has 0 unspecified atom stereocenters. The Morgan fingerprint density at radius 3 is 2.92 bits per heavy atom. The first-order valence-electron chi connectivity index (χ1n) is 8.33. The molecule has 0 spiro atoms. The van der Waals surface area contributed by atoms with Crippen molar-refractivity contribution in [1.82, 2.24) is 15.2 Å². The number of nitrogens with zero attached hydrogens (tertiary/aromatic N) is 2. The fourth-order valence-corrected chi connectivity index (χ4v) is 3.55. The van der Waals surface area contributed by atoms with E-state index in [0.29, 0.717) is 12.1 Å². The molecule has 24 heavy (non-hydrogen) atoms. The van der Waals surface area contributed by atoms with Gasteiger partial charge in [0.15, 0.2) is 0 Å². The molecule has 1 saturated heterocycles. The SMILES string of the molecule is Cc1ccc(-c2cc(C(=O)NCCCN3CCOCC3)ccn2)s1. The van der Waals surface area contributed by atoms with Gasteiger partial charge in [-0.05, 0) is 44.2 Å². The standard InChI is InChI=1S/C18H23N3O2S/c1-14-3-4-17(24-14)16-13-15(5-7-19-16)18(22)20-6-2-8-21-9-11-23-12-10-21/h3-5,7,13H,2,6,8-12H2,1H3,(H,20,22). The molecule has 1 N–H and O–H groups in total. The van der Waals surface area contributed by atoms with Crippen LogP contribution in [0.2, 0.25) is 0 Å². The average Bonchev–Trinajstić information content (AvgIpc) is 3.06. The van der Waals surface area contributed by atoms with E-state index in [1.54, 1.807) is 23.6 Å². The van der Waals surface area contributed by atoms with Crippen molar-refractivity contribution < 1.29 is 9.53 Å². The predicted octanol–water partition coefficient (Wildman–Crippen LogP) is 2.57. The number of carbonyl (C=O) groups excluding carboxylic acids is 1. The number of ether oxygens (including phenoxy) is 1. The Balaban J connectivity index is 1.49. The summed E-state index contributed by atoms with van der Waals surface area (Å²) in [5.74, 6) is -0.0334. The number of aromatic nitrogens is 1. The van der Waals surface area contributed by atoms with Crippen LogP contribution in [-0.4, -0.2) is 55.2 Å². The van der Waals surface area contributed by atoms with Crippen molar-refractivity contribution in [2.75, 3.05) is 39.4 Å². The molecular formula is C18H23N3O2S. The summed E-state index contributed by atoms with van der Waals surface area (Å²) >= 11 is 1.69. The second-order valence-electron chi connectivity index (χ2n) is 5.90. The fourth-order valence-electron chi connectivity index (χ4n) is 2.71. The Morgan fingerprint density at radius 1 is 1.33 bits per heavy atom. The van der Waals surface area contributed by atoms with Gasteiger partial charge in [-0.2, -0.15) is 0 Å². The zero-order chi connectivity index (χ0) is 16.8. The van der Waals surface area contributed by atoms with Crippen LogP contribution in [0.3, 0.4) is 0 Å². The van der Waals surface area contributed by atoms with E-state index in [1.165, 1.54) is 4.88 Å². The molecule has 2 aromatic heterocycles. The Bertz CT molecular complexity index is 680. The number of aryl methyl sites for hydroxylation is 1. The van der Waals surface area contributed by atoms with Crippen molar-refractivity contribution in [1.29, 1.82) is 0 Å². The van der Waals surface area contributed by atoms with Gasteiger partial charge < -0.3 is 10.1 Å². The van der Waals surface area contributed by atoms with Crippen LogP contribution in [0.4, 0.5) is 0 Å². The molecule has 0 aromatic carbocycles. The Morgan fingerprint density at radius 2 is 2.17 bits per heavy atom. The van der Waals surface area contributed by atoms with Gasteiger partial charge in [0.2, 0.25) is 0 Å². The Labute approximate surface area is 146 Å². The van der Waals surface area contributed by atoms with E-state index >= 15 is 0 Å². The number of nitrogens with one attached hydrogen (secondary N) is 1. The minimum atomic E-state index is -0.0334. The van der Waals surface area contributed by atoms with E-state index in [4.69, 9.17) is 4.74 Å². The summed E-state index contributed by atoms with van der Waals surface area (Å²) in [7, 11) is 0. The lowest BCUT2D eigenvalue weighted by Crippen LogP contribution is -2.38. The predicted molar refractivity (Wildman–Crippen MR) is 96.5 cm³/mol. The zero-order valence-corrected chi connectivity index (χ0v) is 14.8. The highest BCUT2D eigenvalue weighted by atomic mass is 32.1. The quantitative estimate of drug-likeness (QED) is 0.818. The first-order valence-corrected chi connectivity index (χ1v) is 9.15. The molecule has 1 fully saturated rings. The van der Waals surface area contributed by atoms with Crippen LogP contribution in [0.1, 0.15) is 21.7 Å². The van der Waals surface area contributed by atoms with Gasteiger partial charge in [0.05, 0.1) is 23.8 Å². The average molecular weight is 345 g/mol. The van der Waals surface area contributed by atoms with Gasteiger partial charge in [-0.1, -0.05) is 0 Å². The van der Waals surface area contributed by atoms with Crippen LogP contribution in [0.15, 0.2) is 30.5 Å². The molecule has 3 rings (SSSR count). The first kappa shape index (κ1) is 17.1. The lowest BCUT2D eigenvalue weighted by Gasteiger charge is -2.26. The summed E-state index contributed by atoms with van der Waals surface area (Å²) in [5, 5.41) is 3.00. The zero-order valence-electron chi connectivity index (χ0n) is 14.0. The van der Waals surface area contributed by atoms with Crippen molar-refractivity contribution in [2.24, 2.45) is 0 Å². The van der Waals surface area contributed by atoms with Crippen LogP contribution in [0.5, 0.6) is 0 Å².